The number of imide groups is 1. The number of hydrogen-bond donors (Lipinski definition) is 1. The maximum absolute atomic E-state index is 9.88. The fourth-order valence-electron chi connectivity index (χ4n) is 0.355. The minimum Gasteiger partial charge on any atom is -0.481 e. The van der Waals surface area contributed by atoms with Crippen molar-refractivity contribution >= 4 is 18.8 Å². The first-order valence-electron chi connectivity index (χ1n) is 2.59. The number of amides is 2. The summed E-state index contributed by atoms with van der Waals surface area (Å²) in [6.45, 7) is -0.0671. The lowest BCUT2D eigenvalue weighted by Gasteiger charge is -2.04. The molecule has 0 aliphatic rings. The Morgan fingerprint density at radius 3 is 2.20 bits per heavy atom. The summed E-state index contributed by atoms with van der Waals surface area (Å²) in [5, 5.41) is 8.09. The van der Waals surface area contributed by atoms with E-state index in [4.69, 9.17) is 5.11 Å². The highest BCUT2D eigenvalue weighted by molar-refractivity contribution is 5.71. The largest absolute Gasteiger partial charge is 0.481 e. The van der Waals surface area contributed by atoms with Crippen molar-refractivity contribution in [1.82, 2.24) is 4.90 Å². The Kier molecular flexibility index (Phi) is 3.86. The predicted octanol–water partition coefficient (Wildman–Crippen LogP) is -0.924. The minimum atomic E-state index is -1.03. The van der Waals surface area contributed by atoms with E-state index in [-0.39, 0.29) is 25.8 Å². The molecule has 0 saturated carbocycles. The monoisotopic (exact) mass is 145 g/mol. The van der Waals surface area contributed by atoms with Gasteiger partial charge in [0.15, 0.2) is 0 Å². The molecule has 0 rings (SSSR count). The van der Waals surface area contributed by atoms with Gasteiger partial charge < -0.3 is 5.11 Å². The third-order valence-electron chi connectivity index (χ3n) is 0.855. The van der Waals surface area contributed by atoms with E-state index in [0.29, 0.717) is 0 Å². The van der Waals surface area contributed by atoms with E-state index in [2.05, 4.69) is 0 Å². The Bertz CT molecular complexity index is 137. The van der Waals surface area contributed by atoms with E-state index in [1.807, 2.05) is 0 Å². The van der Waals surface area contributed by atoms with Crippen molar-refractivity contribution in [1.29, 1.82) is 0 Å². The van der Waals surface area contributed by atoms with Crippen molar-refractivity contribution in [3.63, 3.8) is 0 Å². The van der Waals surface area contributed by atoms with Gasteiger partial charge in [-0.15, -0.1) is 0 Å². The zero-order chi connectivity index (χ0) is 7.98. The zero-order valence-electron chi connectivity index (χ0n) is 5.19. The van der Waals surface area contributed by atoms with Crippen molar-refractivity contribution < 1.29 is 19.5 Å². The van der Waals surface area contributed by atoms with Crippen LogP contribution in [0.3, 0.4) is 0 Å². The second-order valence-corrected chi connectivity index (χ2v) is 1.59. The summed E-state index contributed by atoms with van der Waals surface area (Å²) in [7, 11) is 0. The highest BCUT2D eigenvalue weighted by Crippen LogP contribution is 1.82. The van der Waals surface area contributed by atoms with Crippen LogP contribution in [0.15, 0.2) is 0 Å². The molecule has 0 spiro atoms. The lowest BCUT2D eigenvalue weighted by atomic mass is 10.4. The first-order chi connectivity index (χ1) is 4.70. The molecule has 1 N–H and O–H groups in total. The smallest absolute Gasteiger partial charge is 0.305 e. The molecule has 5 heteroatoms. The van der Waals surface area contributed by atoms with Crippen LogP contribution >= 0.6 is 0 Å². The highest BCUT2D eigenvalue weighted by atomic mass is 16.4. The van der Waals surface area contributed by atoms with Crippen molar-refractivity contribution in [3.05, 3.63) is 0 Å². The number of carbonyl (C=O) groups is 3. The molecule has 0 bridgehead atoms. The molecule has 0 aliphatic heterocycles. The van der Waals surface area contributed by atoms with Gasteiger partial charge in [0.05, 0.1) is 6.42 Å². The molecule has 0 heterocycles. The lowest BCUT2D eigenvalue weighted by Crippen LogP contribution is -2.22. The number of aliphatic carboxylic acids is 1. The van der Waals surface area contributed by atoms with Gasteiger partial charge >= 0.3 is 5.97 Å². The third kappa shape index (κ3) is 3.59. The van der Waals surface area contributed by atoms with E-state index < -0.39 is 5.97 Å². The Morgan fingerprint density at radius 2 is 1.90 bits per heavy atom. The van der Waals surface area contributed by atoms with Gasteiger partial charge in [-0.25, -0.2) is 0 Å². The molecule has 0 radical (unpaired) electrons. The molecule has 0 unspecified atom stereocenters. The molecular weight excluding hydrogens is 138 g/mol. The Labute approximate surface area is 57.2 Å². The Morgan fingerprint density at radius 1 is 1.40 bits per heavy atom. The molecule has 0 aromatic rings. The van der Waals surface area contributed by atoms with Gasteiger partial charge in [0.25, 0.3) is 0 Å². The molecule has 0 atom stereocenters. The van der Waals surface area contributed by atoms with E-state index in [9.17, 15) is 14.4 Å². The number of carbonyl (C=O) groups excluding carboxylic acids is 2. The van der Waals surface area contributed by atoms with Crippen molar-refractivity contribution in [2.45, 2.75) is 6.42 Å². The van der Waals surface area contributed by atoms with E-state index >= 15 is 0 Å². The summed E-state index contributed by atoms with van der Waals surface area (Å²) in [5.41, 5.74) is 0. The standard InChI is InChI=1S/C5H7NO4/c7-3-6(4-8)2-1-5(9)10/h3-4H,1-2H2,(H,9,10). The van der Waals surface area contributed by atoms with Crippen LogP contribution in [0, 0.1) is 0 Å². The van der Waals surface area contributed by atoms with Gasteiger partial charge in [0.1, 0.15) is 0 Å². The number of hydrogen-bond acceptors (Lipinski definition) is 3. The zero-order valence-corrected chi connectivity index (χ0v) is 5.19. The second kappa shape index (κ2) is 4.49. The first-order valence-corrected chi connectivity index (χ1v) is 2.59. The molecular formula is C5H7NO4. The molecule has 10 heavy (non-hydrogen) atoms. The summed E-state index contributed by atoms with van der Waals surface area (Å²) >= 11 is 0. The van der Waals surface area contributed by atoms with Gasteiger partial charge in [-0.05, 0) is 0 Å². The number of nitrogens with zero attached hydrogens (tertiary/aromatic N) is 1. The lowest BCUT2D eigenvalue weighted by molar-refractivity contribution is -0.138. The molecule has 5 nitrogen and oxygen atoms in total. The van der Waals surface area contributed by atoms with Crippen molar-refractivity contribution in [2.75, 3.05) is 6.54 Å². The van der Waals surface area contributed by atoms with Crippen LogP contribution in [-0.4, -0.2) is 35.3 Å². The van der Waals surface area contributed by atoms with E-state index in [1.54, 1.807) is 0 Å². The summed E-state index contributed by atoms with van der Waals surface area (Å²) in [4.78, 5) is 30.3. The molecule has 0 aliphatic carbocycles. The fourth-order valence-corrected chi connectivity index (χ4v) is 0.355. The van der Waals surface area contributed by atoms with Crippen LogP contribution < -0.4 is 0 Å². The quantitative estimate of drug-likeness (QED) is 0.507. The van der Waals surface area contributed by atoms with Gasteiger partial charge in [-0.2, -0.15) is 0 Å². The van der Waals surface area contributed by atoms with E-state index in [0.717, 1.165) is 4.90 Å². The van der Waals surface area contributed by atoms with Gasteiger partial charge in [-0.3, -0.25) is 19.3 Å². The molecule has 2 amide bonds. The summed E-state index contributed by atoms with van der Waals surface area (Å²) in [5.74, 6) is -1.03. The van der Waals surface area contributed by atoms with Crippen LogP contribution in [0.25, 0.3) is 0 Å². The number of rotatable bonds is 5. The van der Waals surface area contributed by atoms with Crippen LogP contribution in [0.2, 0.25) is 0 Å². The summed E-state index contributed by atoms with van der Waals surface area (Å²) in [6, 6.07) is 0. The number of carboxylic acid groups (broad SMARTS) is 1. The fraction of sp³-hybridized carbons (Fsp3) is 0.400. The van der Waals surface area contributed by atoms with Gasteiger partial charge in [-0.1, -0.05) is 0 Å². The predicted molar refractivity (Wildman–Crippen MR) is 31.1 cm³/mol. The normalized spacial score (nSPS) is 8.40. The second-order valence-electron chi connectivity index (χ2n) is 1.59. The summed E-state index contributed by atoms with van der Waals surface area (Å²) in [6.07, 6.45) is 0.364. The molecule has 0 fully saturated rings. The number of carboxylic acids is 1. The van der Waals surface area contributed by atoms with Crippen LogP contribution in [0.4, 0.5) is 0 Å². The van der Waals surface area contributed by atoms with Gasteiger partial charge in [0.2, 0.25) is 12.8 Å². The molecule has 0 aromatic heterocycles. The maximum Gasteiger partial charge on any atom is 0.305 e. The molecule has 56 valence electrons. The first kappa shape index (κ1) is 8.61. The van der Waals surface area contributed by atoms with Crippen LogP contribution in [-0.2, 0) is 14.4 Å². The highest BCUT2D eigenvalue weighted by Gasteiger charge is 2.01. The maximum atomic E-state index is 9.88. The average Bonchev–Trinajstić information content (AvgIpc) is 1.90. The van der Waals surface area contributed by atoms with Crippen LogP contribution in [0.5, 0.6) is 0 Å². The Balaban J connectivity index is 3.54. The molecule has 0 aromatic carbocycles. The Hall–Kier alpha value is -1.39. The average molecular weight is 145 g/mol. The van der Waals surface area contributed by atoms with Gasteiger partial charge in [0, 0.05) is 6.54 Å². The molecule has 0 saturated heterocycles. The van der Waals surface area contributed by atoms with Crippen molar-refractivity contribution in [2.24, 2.45) is 0 Å². The SMILES string of the molecule is O=CN(C=O)CCC(=O)O. The summed E-state index contributed by atoms with van der Waals surface area (Å²) < 4.78 is 0. The van der Waals surface area contributed by atoms with Crippen molar-refractivity contribution in [3.8, 4) is 0 Å². The van der Waals surface area contributed by atoms with E-state index in [1.165, 1.54) is 0 Å². The topological polar surface area (TPSA) is 74.7 Å². The van der Waals surface area contributed by atoms with Crippen LogP contribution in [0.1, 0.15) is 6.42 Å². The minimum absolute atomic E-state index is 0.0671. The third-order valence-corrected chi connectivity index (χ3v) is 0.855.